The summed E-state index contributed by atoms with van der Waals surface area (Å²) in [5.74, 6) is 2.27. The second-order valence-electron chi connectivity index (χ2n) is 7.38. The van der Waals surface area contributed by atoms with Gasteiger partial charge in [0.15, 0.2) is 0 Å². The lowest BCUT2D eigenvalue weighted by Crippen LogP contribution is -2.20. The van der Waals surface area contributed by atoms with Crippen molar-refractivity contribution in [2.45, 2.75) is 33.2 Å². The predicted molar refractivity (Wildman–Crippen MR) is 113 cm³/mol. The number of hydrogen-bond acceptors (Lipinski definition) is 6. The highest BCUT2D eigenvalue weighted by atomic mass is 32.1. The summed E-state index contributed by atoms with van der Waals surface area (Å²) >= 11 is 1.72. The number of benzene rings is 1. The van der Waals surface area contributed by atoms with Crippen LogP contribution in [0.3, 0.4) is 0 Å². The molecule has 0 unspecified atom stereocenters. The van der Waals surface area contributed by atoms with Crippen molar-refractivity contribution in [3.63, 3.8) is 0 Å². The molecule has 4 aromatic rings. The first kappa shape index (κ1) is 17.5. The van der Waals surface area contributed by atoms with Gasteiger partial charge in [-0.1, -0.05) is 6.07 Å². The molecule has 4 heterocycles. The summed E-state index contributed by atoms with van der Waals surface area (Å²) in [7, 11) is 0. The summed E-state index contributed by atoms with van der Waals surface area (Å²) in [5, 5.41) is 3.23. The van der Waals surface area contributed by atoms with Crippen LogP contribution in [0.25, 0.3) is 21.0 Å². The summed E-state index contributed by atoms with van der Waals surface area (Å²) in [6.07, 6.45) is 6.18. The highest BCUT2D eigenvalue weighted by Gasteiger charge is 2.19. The first-order chi connectivity index (χ1) is 13.7. The minimum atomic E-state index is 0.657. The number of aryl methyl sites for hydroxylation is 2. The van der Waals surface area contributed by atoms with E-state index in [9.17, 15) is 0 Å². The minimum absolute atomic E-state index is 0.657. The number of aromatic nitrogens is 3. The van der Waals surface area contributed by atoms with E-state index in [-0.39, 0.29) is 0 Å². The number of hydrogen-bond donors (Lipinski definition) is 0. The molecule has 1 saturated heterocycles. The normalized spacial score (nSPS) is 14.9. The number of fused-ring (bicyclic) bond motifs is 2. The third-order valence-electron chi connectivity index (χ3n) is 5.43. The molecule has 28 heavy (non-hydrogen) atoms. The minimum Gasteiger partial charge on any atom is -0.438 e. The molecule has 0 amide bonds. The van der Waals surface area contributed by atoms with E-state index in [0.29, 0.717) is 5.88 Å². The maximum absolute atomic E-state index is 6.31. The molecule has 6 heteroatoms. The van der Waals surface area contributed by atoms with E-state index < -0.39 is 0 Å². The van der Waals surface area contributed by atoms with Crippen LogP contribution in [0.4, 0.5) is 0 Å². The quantitative estimate of drug-likeness (QED) is 0.477. The molecule has 5 rings (SSSR count). The largest absolute Gasteiger partial charge is 0.438 e. The number of ether oxygens (including phenoxy) is 1. The molecule has 0 N–H and O–H groups in total. The molecule has 1 fully saturated rings. The third-order valence-corrected chi connectivity index (χ3v) is 6.53. The van der Waals surface area contributed by atoms with Gasteiger partial charge in [-0.2, -0.15) is 4.98 Å². The van der Waals surface area contributed by atoms with Crippen LogP contribution in [-0.4, -0.2) is 32.9 Å². The number of rotatable bonds is 4. The molecule has 1 aromatic carbocycles. The zero-order valence-corrected chi connectivity index (χ0v) is 16.9. The Balaban J connectivity index is 1.56. The Morgan fingerprint density at radius 1 is 1.07 bits per heavy atom. The zero-order valence-electron chi connectivity index (χ0n) is 16.1. The molecule has 3 aromatic heterocycles. The van der Waals surface area contributed by atoms with Crippen LogP contribution >= 0.6 is 11.3 Å². The van der Waals surface area contributed by atoms with Gasteiger partial charge in [-0.3, -0.25) is 9.88 Å². The van der Waals surface area contributed by atoms with Gasteiger partial charge in [-0.15, -0.1) is 11.3 Å². The van der Waals surface area contributed by atoms with Crippen molar-refractivity contribution in [3.8, 4) is 11.6 Å². The molecule has 0 spiro atoms. The van der Waals surface area contributed by atoms with E-state index >= 15 is 0 Å². The maximum Gasteiger partial charge on any atom is 0.231 e. The Morgan fingerprint density at radius 2 is 1.93 bits per heavy atom. The van der Waals surface area contributed by atoms with Gasteiger partial charge in [-0.05, 0) is 68.9 Å². The lowest BCUT2D eigenvalue weighted by molar-refractivity contribution is 0.321. The summed E-state index contributed by atoms with van der Waals surface area (Å²) in [6.45, 7) is 7.28. The molecular formula is C22H22N4OS. The standard InChI is InChI=1S/C22H22N4OS/c1-14-15(2)28-22-20(14)21(24-19(25-22)13-26-9-3-4-10-26)27-18-6-5-16-7-8-23-12-17(16)11-18/h5-8,11-12H,3-4,9-10,13H2,1-2H3. The van der Waals surface area contributed by atoms with Crippen molar-refractivity contribution in [1.82, 2.24) is 19.9 Å². The molecule has 0 saturated carbocycles. The van der Waals surface area contributed by atoms with Gasteiger partial charge < -0.3 is 4.74 Å². The maximum atomic E-state index is 6.31. The van der Waals surface area contributed by atoms with Crippen molar-refractivity contribution in [2.75, 3.05) is 13.1 Å². The number of nitrogens with zero attached hydrogens (tertiary/aromatic N) is 4. The second kappa shape index (κ2) is 7.11. The van der Waals surface area contributed by atoms with Crippen molar-refractivity contribution in [1.29, 1.82) is 0 Å². The Bertz CT molecular complexity index is 1160. The monoisotopic (exact) mass is 390 g/mol. The molecule has 0 aliphatic carbocycles. The Hall–Kier alpha value is -2.57. The Kier molecular flexibility index (Phi) is 4.45. The summed E-state index contributed by atoms with van der Waals surface area (Å²) in [6, 6.07) is 8.07. The van der Waals surface area contributed by atoms with Gasteiger partial charge in [0.2, 0.25) is 5.88 Å². The topological polar surface area (TPSA) is 51.1 Å². The van der Waals surface area contributed by atoms with Crippen LogP contribution < -0.4 is 4.74 Å². The molecular weight excluding hydrogens is 368 g/mol. The van der Waals surface area contributed by atoms with Crippen LogP contribution in [0.15, 0.2) is 36.7 Å². The SMILES string of the molecule is Cc1sc2nc(CN3CCCC3)nc(Oc3ccc4ccncc4c3)c2c1C. The first-order valence-corrected chi connectivity index (χ1v) is 10.5. The molecule has 5 nitrogen and oxygen atoms in total. The lowest BCUT2D eigenvalue weighted by atomic mass is 10.2. The molecule has 1 aliphatic rings. The smallest absolute Gasteiger partial charge is 0.231 e. The van der Waals surface area contributed by atoms with Crippen LogP contribution in [-0.2, 0) is 6.54 Å². The fourth-order valence-corrected chi connectivity index (χ4v) is 4.82. The zero-order chi connectivity index (χ0) is 19.1. The Labute approximate surface area is 168 Å². The lowest BCUT2D eigenvalue weighted by Gasteiger charge is -2.14. The van der Waals surface area contributed by atoms with Gasteiger partial charge in [0.05, 0.1) is 11.9 Å². The van der Waals surface area contributed by atoms with Gasteiger partial charge in [0.1, 0.15) is 16.4 Å². The van der Waals surface area contributed by atoms with Crippen molar-refractivity contribution in [2.24, 2.45) is 0 Å². The molecule has 0 bridgehead atoms. The van der Waals surface area contributed by atoms with Crippen LogP contribution in [0, 0.1) is 13.8 Å². The van der Waals surface area contributed by atoms with Gasteiger partial charge in [0, 0.05) is 22.7 Å². The average Bonchev–Trinajstić information content (AvgIpc) is 3.30. The van der Waals surface area contributed by atoms with E-state index in [0.717, 1.165) is 52.2 Å². The summed E-state index contributed by atoms with van der Waals surface area (Å²) in [4.78, 5) is 18.6. The summed E-state index contributed by atoms with van der Waals surface area (Å²) in [5.41, 5.74) is 1.20. The Morgan fingerprint density at radius 3 is 2.79 bits per heavy atom. The highest BCUT2D eigenvalue weighted by Crippen LogP contribution is 2.37. The number of pyridine rings is 1. The van der Waals surface area contributed by atoms with Crippen molar-refractivity contribution >= 4 is 32.3 Å². The number of likely N-dealkylation sites (tertiary alicyclic amines) is 1. The molecule has 1 aliphatic heterocycles. The molecule has 0 atom stereocenters. The second-order valence-corrected chi connectivity index (χ2v) is 8.58. The van der Waals surface area contributed by atoms with E-state index in [1.54, 1.807) is 17.5 Å². The average molecular weight is 391 g/mol. The van der Waals surface area contributed by atoms with Gasteiger partial charge in [0.25, 0.3) is 0 Å². The molecule has 0 radical (unpaired) electrons. The van der Waals surface area contributed by atoms with Crippen molar-refractivity contribution < 1.29 is 4.74 Å². The predicted octanol–water partition coefficient (Wildman–Crippen LogP) is 5.24. The summed E-state index contributed by atoms with van der Waals surface area (Å²) < 4.78 is 6.31. The van der Waals surface area contributed by atoms with Crippen molar-refractivity contribution in [3.05, 3.63) is 52.9 Å². The van der Waals surface area contributed by atoms with Gasteiger partial charge in [-0.25, -0.2) is 4.98 Å². The van der Waals surface area contributed by atoms with E-state index in [1.165, 1.54) is 23.3 Å². The highest BCUT2D eigenvalue weighted by molar-refractivity contribution is 7.18. The van der Waals surface area contributed by atoms with E-state index in [4.69, 9.17) is 14.7 Å². The van der Waals surface area contributed by atoms with Crippen LogP contribution in [0.2, 0.25) is 0 Å². The number of thiophene rings is 1. The van der Waals surface area contributed by atoms with E-state index in [2.05, 4.69) is 29.8 Å². The fraction of sp³-hybridized carbons (Fsp3) is 0.318. The van der Waals surface area contributed by atoms with E-state index in [1.807, 2.05) is 24.4 Å². The molecule has 142 valence electrons. The van der Waals surface area contributed by atoms with Gasteiger partial charge >= 0.3 is 0 Å². The first-order valence-electron chi connectivity index (χ1n) is 9.68. The fourth-order valence-electron chi connectivity index (χ4n) is 3.78. The third kappa shape index (κ3) is 3.23. The van der Waals surface area contributed by atoms with Crippen LogP contribution in [0.1, 0.15) is 29.1 Å². The van der Waals surface area contributed by atoms with Crippen LogP contribution in [0.5, 0.6) is 11.6 Å².